The van der Waals surface area contributed by atoms with Gasteiger partial charge in [0.2, 0.25) is 32.3 Å². The predicted molar refractivity (Wildman–Crippen MR) is 264 cm³/mol. The summed E-state index contributed by atoms with van der Waals surface area (Å²) in [6.45, 7) is 1.96. The van der Waals surface area contributed by atoms with E-state index in [0.717, 1.165) is 79.0 Å². The van der Waals surface area contributed by atoms with Gasteiger partial charge in [-0.1, -0.05) is 34.6 Å². The highest BCUT2D eigenvalue weighted by molar-refractivity contribution is 7.89. The fraction of sp³-hybridized carbons (Fsp3) is 0.375. The normalized spacial score (nSPS) is 17.6. The number of nitrogens with zero attached hydrogens (tertiary/aromatic N) is 6. The number of carbonyl (C=O) groups is 4. The number of nitrogens with one attached hydrogen (secondary N) is 2. The Balaban J connectivity index is 0.000000211. The first-order valence-electron chi connectivity index (χ1n) is 22.7. The molecule has 0 aliphatic carbocycles. The molecule has 4 aliphatic heterocycles. The molecule has 0 saturated carbocycles. The number of benzene rings is 4. The van der Waals surface area contributed by atoms with Crippen molar-refractivity contribution in [1.82, 2.24) is 18.4 Å². The van der Waals surface area contributed by atoms with Gasteiger partial charge < -0.3 is 50.5 Å². The number of likely N-dealkylation sites (N-methyl/N-ethyl adjacent to an activating group) is 2. The summed E-state index contributed by atoms with van der Waals surface area (Å²) in [6, 6.07) is 16.7. The van der Waals surface area contributed by atoms with Crippen molar-refractivity contribution in [3.8, 4) is 22.3 Å². The van der Waals surface area contributed by atoms with Crippen molar-refractivity contribution < 1.29 is 66.1 Å². The van der Waals surface area contributed by atoms with E-state index in [2.05, 4.69) is 30.7 Å². The van der Waals surface area contributed by atoms with Crippen LogP contribution in [-0.2, 0) is 74.8 Å². The number of amides is 2. The van der Waals surface area contributed by atoms with Gasteiger partial charge in [-0.05, 0) is 108 Å². The van der Waals surface area contributed by atoms with E-state index in [1.54, 1.807) is 60.7 Å². The van der Waals surface area contributed by atoms with Crippen LogP contribution in [0, 0.1) is 0 Å². The van der Waals surface area contributed by atoms with Crippen molar-refractivity contribution in [3.05, 3.63) is 94.0 Å². The lowest BCUT2D eigenvalue weighted by atomic mass is 9.87. The molecule has 4 aromatic carbocycles. The summed E-state index contributed by atoms with van der Waals surface area (Å²) in [5.41, 5.74) is 9.19. The lowest BCUT2D eigenvalue weighted by molar-refractivity contribution is -0.152. The number of anilines is 2. The van der Waals surface area contributed by atoms with Crippen molar-refractivity contribution in [2.24, 2.45) is 10.3 Å². The van der Waals surface area contributed by atoms with Gasteiger partial charge in [-0.2, -0.15) is 0 Å². The Bertz CT molecular complexity index is 2880. The van der Waals surface area contributed by atoms with Gasteiger partial charge in [0.25, 0.3) is 11.8 Å². The average Bonchev–Trinajstić information content (AvgIpc) is 3.84. The Kier molecular flexibility index (Phi) is 16.0. The second-order valence-electron chi connectivity index (χ2n) is 17.9. The minimum atomic E-state index is -3.58. The topological polar surface area (TPSA) is 298 Å². The number of carboxylic acid groups (broad SMARTS) is 2. The maximum atomic E-state index is 12.8. The minimum absolute atomic E-state index is 0.0572. The molecule has 0 saturated heterocycles. The van der Waals surface area contributed by atoms with E-state index >= 15 is 0 Å². The number of carbonyl (C=O) groups excluding carboxylic acids is 2. The van der Waals surface area contributed by atoms with E-state index in [9.17, 15) is 46.2 Å². The van der Waals surface area contributed by atoms with Crippen molar-refractivity contribution >= 4 is 66.6 Å². The molecule has 22 nitrogen and oxygen atoms in total. The molecule has 0 radical (unpaired) electrons. The Morgan fingerprint density at radius 3 is 1.26 bits per heavy atom. The molecule has 2 atom stereocenters. The highest BCUT2D eigenvalue weighted by Gasteiger charge is 2.36. The zero-order chi connectivity index (χ0) is 52.4. The third kappa shape index (κ3) is 10.8. The summed E-state index contributed by atoms with van der Waals surface area (Å²) in [5, 5.41) is 50.2. The summed E-state index contributed by atoms with van der Waals surface area (Å²) < 4.78 is 52.3. The van der Waals surface area contributed by atoms with Crippen LogP contribution < -0.4 is 10.6 Å². The molecule has 384 valence electrons. The van der Waals surface area contributed by atoms with E-state index in [4.69, 9.17) is 19.9 Å². The summed E-state index contributed by atoms with van der Waals surface area (Å²) in [7, 11) is 2.67. The molecule has 8 rings (SSSR count). The van der Waals surface area contributed by atoms with Gasteiger partial charge in [0.05, 0.1) is 21.2 Å². The monoisotopic (exact) mass is 1030 g/mol. The van der Waals surface area contributed by atoms with Gasteiger partial charge in [0.1, 0.15) is 0 Å². The molecular weight excluding hydrogens is 977 g/mol. The SMILES string of the molecule is CN1CCc2c(-c3ccc(S(=O)(=O)N(C)C)cc3)cc3c(c2C1)NC(=O)/C3=N/OC(CCO)C(=O)O.CN1CCc2c(-c3ccc(S(=O)(=O)N(C)C)cc3)cc3c(c2C1)NC(=O)/C3=N/O[C@@H](CCO)C(=O)O. The van der Waals surface area contributed by atoms with Crippen molar-refractivity contribution in [2.75, 3.05) is 79.2 Å². The average molecular weight is 1030 g/mol. The van der Waals surface area contributed by atoms with Crippen LogP contribution in [0.5, 0.6) is 0 Å². The second kappa shape index (κ2) is 21.6. The molecule has 4 aromatic rings. The van der Waals surface area contributed by atoms with Gasteiger partial charge in [-0.15, -0.1) is 0 Å². The highest BCUT2D eigenvalue weighted by Crippen LogP contribution is 2.42. The molecule has 0 bridgehead atoms. The second-order valence-corrected chi connectivity index (χ2v) is 22.2. The smallest absolute Gasteiger partial charge is 0.347 e. The Morgan fingerprint density at radius 2 is 0.958 bits per heavy atom. The number of aliphatic hydroxyl groups is 2. The fourth-order valence-corrected chi connectivity index (χ4v) is 10.5. The van der Waals surface area contributed by atoms with Crippen LogP contribution in [0.4, 0.5) is 11.4 Å². The standard InChI is InChI=1S/2C24H28N4O7S/c2*1-27(2)36(33,34)15-6-4-14(5-7-15)17-12-18-21(19-13-28(3)10-8-16(17)19)25-23(30)22(18)26-35-20(9-11-29)24(31)32/h2*4-7,12,20,29H,8-11,13H2,1-3H3,(H,31,32)(H,25,26,30)/t20-;/m0./s1. The van der Waals surface area contributed by atoms with E-state index in [1.165, 1.54) is 28.2 Å². The van der Waals surface area contributed by atoms with Gasteiger partial charge >= 0.3 is 11.9 Å². The molecule has 24 heteroatoms. The zero-order valence-corrected chi connectivity index (χ0v) is 42.0. The van der Waals surface area contributed by atoms with Crippen LogP contribution in [0.1, 0.15) is 46.2 Å². The highest BCUT2D eigenvalue weighted by atomic mass is 32.2. The molecular formula is C48H56N8O14S2. The van der Waals surface area contributed by atoms with E-state index in [0.29, 0.717) is 35.6 Å². The van der Waals surface area contributed by atoms with E-state index in [1.807, 2.05) is 14.1 Å². The molecule has 0 fully saturated rings. The van der Waals surface area contributed by atoms with Crippen molar-refractivity contribution in [1.29, 1.82) is 0 Å². The van der Waals surface area contributed by atoms with Gasteiger partial charge in [-0.25, -0.2) is 35.0 Å². The van der Waals surface area contributed by atoms with Gasteiger partial charge in [-0.3, -0.25) is 9.59 Å². The van der Waals surface area contributed by atoms with Crippen LogP contribution in [0.25, 0.3) is 22.3 Å². The third-order valence-corrected chi connectivity index (χ3v) is 16.3. The molecule has 4 aliphatic rings. The van der Waals surface area contributed by atoms with E-state index < -0.39 is 69.2 Å². The first-order valence-corrected chi connectivity index (χ1v) is 25.6. The molecule has 6 N–H and O–H groups in total. The van der Waals surface area contributed by atoms with Crippen LogP contribution >= 0.6 is 0 Å². The first-order chi connectivity index (χ1) is 34.1. The summed E-state index contributed by atoms with van der Waals surface area (Å²) in [5.74, 6) is -3.63. The molecule has 0 spiro atoms. The minimum Gasteiger partial charge on any atom is -0.478 e. The number of hydrogen-bond donors (Lipinski definition) is 6. The molecule has 2 amide bonds. The Labute approximate surface area is 416 Å². The largest absolute Gasteiger partial charge is 0.478 e. The first kappa shape index (κ1) is 53.2. The quantitative estimate of drug-likeness (QED) is 0.0877. The van der Waals surface area contributed by atoms with Crippen molar-refractivity contribution in [2.45, 2.75) is 60.8 Å². The third-order valence-electron chi connectivity index (χ3n) is 12.6. The Morgan fingerprint density at radius 1 is 0.611 bits per heavy atom. The van der Waals surface area contributed by atoms with Gasteiger partial charge in [0, 0.05) is 91.6 Å². The fourth-order valence-electron chi connectivity index (χ4n) is 8.67. The maximum Gasteiger partial charge on any atom is 0.347 e. The number of oxime groups is 2. The molecule has 1 unspecified atom stereocenters. The van der Waals surface area contributed by atoms with Crippen LogP contribution in [0.2, 0.25) is 0 Å². The van der Waals surface area contributed by atoms with E-state index in [-0.39, 0.29) is 34.1 Å². The summed E-state index contributed by atoms with van der Waals surface area (Å²) >= 11 is 0. The number of hydrogen-bond acceptors (Lipinski definition) is 16. The van der Waals surface area contributed by atoms with Crippen LogP contribution in [0.3, 0.4) is 0 Å². The maximum absolute atomic E-state index is 12.8. The summed E-state index contributed by atoms with van der Waals surface area (Å²) in [6.07, 6.45) is -1.69. The molecule has 0 aromatic heterocycles. The molecule has 72 heavy (non-hydrogen) atoms. The lowest BCUT2D eigenvalue weighted by Crippen LogP contribution is -2.27. The summed E-state index contributed by atoms with van der Waals surface area (Å²) in [4.78, 5) is 63.2. The van der Waals surface area contributed by atoms with Crippen molar-refractivity contribution in [3.63, 3.8) is 0 Å². The molecule has 4 heterocycles. The number of sulfonamides is 2. The number of rotatable bonds is 16. The van der Waals surface area contributed by atoms with Crippen LogP contribution in [0.15, 0.2) is 80.8 Å². The lowest BCUT2D eigenvalue weighted by Gasteiger charge is -2.29. The predicted octanol–water partition coefficient (Wildman–Crippen LogP) is 2.20. The zero-order valence-electron chi connectivity index (χ0n) is 40.4. The number of carboxylic acids is 2. The van der Waals surface area contributed by atoms with Gasteiger partial charge in [0.15, 0.2) is 11.4 Å². The van der Waals surface area contributed by atoms with Crippen LogP contribution in [-0.4, -0.2) is 172 Å². The number of aliphatic carboxylic acids is 2. The number of aliphatic hydroxyl groups excluding tert-OH is 2. The Hall–Kier alpha value is -6.64. The number of fused-ring (bicyclic) bond motifs is 6.